The Bertz CT molecular complexity index is 535. The van der Waals surface area contributed by atoms with Crippen LogP contribution >= 0.6 is 12.4 Å². The molecule has 0 saturated heterocycles. The molecule has 0 unspecified atom stereocenters. The van der Waals surface area contributed by atoms with Gasteiger partial charge in [0.1, 0.15) is 11.4 Å². The fourth-order valence-electron chi connectivity index (χ4n) is 1.50. The molecule has 0 radical (unpaired) electrons. The highest BCUT2D eigenvalue weighted by atomic mass is 35.5. The van der Waals surface area contributed by atoms with E-state index in [4.69, 9.17) is 4.74 Å². The molecule has 0 heterocycles. The molecule has 100 valence electrons. The number of hydrogen-bond donors (Lipinski definition) is 2. The van der Waals surface area contributed by atoms with Crippen molar-refractivity contribution in [2.75, 3.05) is 18.0 Å². The first-order valence-corrected chi connectivity index (χ1v) is 5.42. The Morgan fingerprint density at radius 3 is 2.42 bits per heavy atom. The molecule has 2 aromatic carbocycles. The lowest BCUT2D eigenvalue weighted by atomic mass is 10.2. The van der Waals surface area contributed by atoms with E-state index in [9.17, 15) is 4.91 Å². The van der Waals surface area contributed by atoms with Gasteiger partial charge >= 0.3 is 0 Å². The Balaban J connectivity index is 0.00000180. The van der Waals surface area contributed by atoms with Crippen molar-refractivity contribution in [1.82, 2.24) is 0 Å². The number of ether oxygens (including phenoxy) is 1. The number of hydrazine groups is 1. The molecule has 6 heteroatoms. The highest BCUT2D eigenvalue weighted by molar-refractivity contribution is 5.85. The van der Waals surface area contributed by atoms with E-state index < -0.39 is 0 Å². The van der Waals surface area contributed by atoms with Crippen molar-refractivity contribution in [2.45, 2.75) is 0 Å². The number of para-hydroxylation sites is 1. The van der Waals surface area contributed by atoms with E-state index in [2.05, 4.69) is 16.0 Å². The predicted octanol–water partition coefficient (Wildman–Crippen LogP) is 3.95. The van der Waals surface area contributed by atoms with E-state index in [1.54, 1.807) is 18.2 Å². The molecule has 0 atom stereocenters. The molecule has 0 saturated carbocycles. The Hall–Kier alpha value is -2.27. The number of rotatable bonds is 5. The van der Waals surface area contributed by atoms with Crippen molar-refractivity contribution in [1.29, 1.82) is 0 Å². The SMILES string of the molecule is COc1cc(N=O)ccc1NNc1ccccc1.Cl. The van der Waals surface area contributed by atoms with E-state index in [0.29, 0.717) is 11.4 Å². The van der Waals surface area contributed by atoms with Crippen LogP contribution in [0.3, 0.4) is 0 Å². The normalized spacial score (nSPS) is 9.11. The lowest BCUT2D eigenvalue weighted by molar-refractivity contribution is 0.417. The van der Waals surface area contributed by atoms with Crippen molar-refractivity contribution in [2.24, 2.45) is 5.18 Å². The molecule has 0 bridgehead atoms. The standard InChI is InChI=1S/C13H13N3O2.ClH/c1-18-13-9-11(16-17)7-8-12(13)15-14-10-5-3-2-4-6-10;/h2-9,14-15H,1H3;1H. The molecule has 2 N–H and O–H groups in total. The lowest BCUT2D eigenvalue weighted by Crippen LogP contribution is -2.09. The maximum Gasteiger partial charge on any atom is 0.146 e. The molecule has 2 rings (SSSR count). The molecule has 2 aromatic rings. The van der Waals surface area contributed by atoms with Gasteiger partial charge in [0.25, 0.3) is 0 Å². The number of anilines is 2. The molecule has 19 heavy (non-hydrogen) atoms. The molecule has 0 aliphatic heterocycles. The van der Waals surface area contributed by atoms with Crippen LogP contribution in [0.2, 0.25) is 0 Å². The summed E-state index contributed by atoms with van der Waals surface area (Å²) in [7, 11) is 1.54. The summed E-state index contributed by atoms with van der Waals surface area (Å²) in [6.07, 6.45) is 0. The van der Waals surface area contributed by atoms with Crippen LogP contribution in [0, 0.1) is 4.91 Å². The van der Waals surface area contributed by atoms with Gasteiger partial charge < -0.3 is 10.2 Å². The minimum absolute atomic E-state index is 0. The maximum absolute atomic E-state index is 10.4. The molecule has 0 aliphatic rings. The number of nitrogens with zero attached hydrogens (tertiary/aromatic N) is 1. The predicted molar refractivity (Wildman–Crippen MR) is 79.4 cm³/mol. The van der Waals surface area contributed by atoms with Gasteiger partial charge in [0.2, 0.25) is 0 Å². The number of benzene rings is 2. The summed E-state index contributed by atoms with van der Waals surface area (Å²) in [5.41, 5.74) is 8.04. The Morgan fingerprint density at radius 2 is 1.79 bits per heavy atom. The van der Waals surface area contributed by atoms with E-state index >= 15 is 0 Å². The van der Waals surface area contributed by atoms with E-state index in [-0.39, 0.29) is 12.4 Å². The molecular weight excluding hydrogens is 266 g/mol. The third kappa shape index (κ3) is 3.86. The summed E-state index contributed by atoms with van der Waals surface area (Å²) >= 11 is 0. The van der Waals surface area contributed by atoms with Crippen LogP contribution in [0.5, 0.6) is 5.75 Å². The van der Waals surface area contributed by atoms with Gasteiger partial charge in [-0.25, -0.2) is 0 Å². The fourth-order valence-corrected chi connectivity index (χ4v) is 1.50. The number of nitroso groups, excluding NO2 is 1. The van der Waals surface area contributed by atoms with E-state index in [0.717, 1.165) is 11.4 Å². The summed E-state index contributed by atoms with van der Waals surface area (Å²) < 4.78 is 5.17. The van der Waals surface area contributed by atoms with Gasteiger partial charge in [-0.3, -0.25) is 5.43 Å². The van der Waals surface area contributed by atoms with Crippen molar-refractivity contribution < 1.29 is 4.74 Å². The van der Waals surface area contributed by atoms with Crippen molar-refractivity contribution >= 4 is 29.5 Å². The lowest BCUT2D eigenvalue weighted by Gasteiger charge is -2.13. The monoisotopic (exact) mass is 279 g/mol. The van der Waals surface area contributed by atoms with Crippen LogP contribution in [-0.2, 0) is 0 Å². The van der Waals surface area contributed by atoms with Crippen LogP contribution in [-0.4, -0.2) is 7.11 Å². The Kier molecular flexibility index (Phi) is 5.63. The third-order valence-corrected chi connectivity index (χ3v) is 2.41. The molecule has 0 amide bonds. The molecule has 5 nitrogen and oxygen atoms in total. The third-order valence-electron chi connectivity index (χ3n) is 2.41. The smallest absolute Gasteiger partial charge is 0.146 e. The summed E-state index contributed by atoms with van der Waals surface area (Å²) in [6, 6.07) is 14.6. The van der Waals surface area contributed by atoms with Gasteiger partial charge in [-0.1, -0.05) is 18.2 Å². The molecule has 0 fully saturated rings. The summed E-state index contributed by atoms with van der Waals surface area (Å²) in [6.45, 7) is 0. The van der Waals surface area contributed by atoms with E-state index in [1.165, 1.54) is 7.11 Å². The first kappa shape index (κ1) is 14.8. The average Bonchev–Trinajstić information content (AvgIpc) is 2.46. The largest absolute Gasteiger partial charge is 0.494 e. The van der Waals surface area contributed by atoms with Gasteiger partial charge in [-0.15, -0.1) is 17.3 Å². The summed E-state index contributed by atoms with van der Waals surface area (Å²) in [5.74, 6) is 0.551. The first-order chi connectivity index (χ1) is 8.83. The Morgan fingerprint density at radius 1 is 1.05 bits per heavy atom. The quantitative estimate of drug-likeness (QED) is 0.642. The minimum atomic E-state index is 0. The summed E-state index contributed by atoms with van der Waals surface area (Å²) in [5, 5.41) is 2.86. The maximum atomic E-state index is 10.4. The van der Waals surface area contributed by atoms with Crippen LogP contribution in [0.25, 0.3) is 0 Å². The van der Waals surface area contributed by atoms with Gasteiger partial charge in [0.05, 0.1) is 18.5 Å². The second-order valence-corrected chi connectivity index (χ2v) is 3.59. The summed E-state index contributed by atoms with van der Waals surface area (Å²) in [4.78, 5) is 10.4. The molecule has 0 spiro atoms. The van der Waals surface area contributed by atoms with Gasteiger partial charge in [-0.05, 0) is 29.4 Å². The van der Waals surface area contributed by atoms with Gasteiger partial charge in [0.15, 0.2) is 0 Å². The fraction of sp³-hybridized carbons (Fsp3) is 0.0769. The first-order valence-electron chi connectivity index (χ1n) is 5.42. The number of nitrogens with one attached hydrogen (secondary N) is 2. The van der Waals surface area contributed by atoms with Gasteiger partial charge in [0, 0.05) is 6.07 Å². The highest BCUT2D eigenvalue weighted by Gasteiger charge is 2.04. The van der Waals surface area contributed by atoms with Crippen LogP contribution in [0.4, 0.5) is 17.1 Å². The van der Waals surface area contributed by atoms with Crippen LogP contribution < -0.4 is 15.6 Å². The number of hydrogen-bond acceptors (Lipinski definition) is 5. The van der Waals surface area contributed by atoms with Crippen molar-refractivity contribution in [3.63, 3.8) is 0 Å². The zero-order chi connectivity index (χ0) is 12.8. The molecular formula is C13H14ClN3O2. The molecule has 0 aliphatic carbocycles. The van der Waals surface area contributed by atoms with E-state index in [1.807, 2.05) is 30.3 Å². The molecule has 0 aromatic heterocycles. The minimum Gasteiger partial charge on any atom is -0.494 e. The zero-order valence-corrected chi connectivity index (χ0v) is 11.1. The Labute approximate surface area is 117 Å². The number of methoxy groups -OCH3 is 1. The van der Waals surface area contributed by atoms with Crippen molar-refractivity contribution in [3.8, 4) is 5.75 Å². The average molecular weight is 280 g/mol. The van der Waals surface area contributed by atoms with Gasteiger partial charge in [-0.2, -0.15) is 0 Å². The highest BCUT2D eigenvalue weighted by Crippen LogP contribution is 2.29. The van der Waals surface area contributed by atoms with Crippen molar-refractivity contribution in [3.05, 3.63) is 53.4 Å². The zero-order valence-electron chi connectivity index (χ0n) is 10.3. The topological polar surface area (TPSA) is 62.7 Å². The second kappa shape index (κ2) is 7.23. The van der Waals surface area contributed by atoms with Crippen LogP contribution in [0.15, 0.2) is 53.7 Å². The number of halogens is 1. The second-order valence-electron chi connectivity index (χ2n) is 3.59. The van der Waals surface area contributed by atoms with Crippen LogP contribution in [0.1, 0.15) is 0 Å².